The summed E-state index contributed by atoms with van der Waals surface area (Å²) in [6.07, 6.45) is 7.50. The number of fused-ring (bicyclic) bond motifs is 2. The summed E-state index contributed by atoms with van der Waals surface area (Å²) in [7, 11) is 0. The minimum Gasteiger partial charge on any atom is -0.334 e. The molecule has 126 valence electrons. The summed E-state index contributed by atoms with van der Waals surface area (Å²) in [4.78, 5) is 15.4. The van der Waals surface area contributed by atoms with Crippen molar-refractivity contribution in [1.82, 2.24) is 20.4 Å². The van der Waals surface area contributed by atoms with Crippen LogP contribution in [0.15, 0.2) is 0 Å². The van der Waals surface area contributed by atoms with Crippen LogP contribution in [-0.4, -0.2) is 40.1 Å². The van der Waals surface area contributed by atoms with Crippen molar-refractivity contribution in [2.75, 3.05) is 13.1 Å². The Morgan fingerprint density at radius 2 is 1.83 bits per heavy atom. The first-order valence-corrected chi connectivity index (χ1v) is 8.85. The molecule has 0 spiro atoms. The molecule has 2 aliphatic carbocycles. The van der Waals surface area contributed by atoms with Gasteiger partial charge in [-0.25, -0.2) is 0 Å². The lowest BCUT2D eigenvalue weighted by Gasteiger charge is -2.38. The van der Waals surface area contributed by atoms with E-state index in [2.05, 4.69) is 20.4 Å². The number of rotatable bonds is 1. The van der Waals surface area contributed by atoms with Crippen LogP contribution in [0, 0.1) is 17.8 Å². The van der Waals surface area contributed by atoms with Crippen molar-refractivity contribution in [2.24, 2.45) is 17.8 Å². The Morgan fingerprint density at radius 3 is 2.61 bits per heavy atom. The smallest absolute Gasteiger partial charge is 0.274 e. The number of nitrogens with zero attached hydrogens (tertiary/aromatic N) is 2. The van der Waals surface area contributed by atoms with Crippen LogP contribution in [0.4, 0.5) is 0 Å². The molecule has 0 radical (unpaired) electrons. The molecule has 23 heavy (non-hydrogen) atoms. The van der Waals surface area contributed by atoms with E-state index in [1.165, 1.54) is 32.1 Å². The van der Waals surface area contributed by atoms with Crippen LogP contribution in [-0.2, 0) is 13.0 Å². The van der Waals surface area contributed by atoms with Crippen LogP contribution in [0.3, 0.4) is 0 Å². The highest BCUT2D eigenvalue weighted by atomic mass is 35.5. The average Bonchev–Trinajstić information content (AvgIpc) is 2.85. The molecule has 2 unspecified atom stereocenters. The van der Waals surface area contributed by atoms with E-state index < -0.39 is 0 Å². The second-order valence-electron chi connectivity index (χ2n) is 7.84. The molecule has 4 heterocycles. The van der Waals surface area contributed by atoms with Crippen LogP contribution >= 0.6 is 12.4 Å². The van der Waals surface area contributed by atoms with E-state index in [9.17, 15) is 4.79 Å². The van der Waals surface area contributed by atoms with Crippen molar-refractivity contribution < 1.29 is 4.79 Å². The number of nitrogens with one attached hydrogen (secondary N) is 2. The van der Waals surface area contributed by atoms with Gasteiger partial charge in [0.15, 0.2) is 5.69 Å². The van der Waals surface area contributed by atoms with Crippen molar-refractivity contribution in [2.45, 2.75) is 51.1 Å². The predicted molar refractivity (Wildman–Crippen MR) is 89.6 cm³/mol. The number of carbonyl (C=O) groups is 1. The van der Waals surface area contributed by atoms with Gasteiger partial charge in [0.05, 0.1) is 0 Å². The van der Waals surface area contributed by atoms with Gasteiger partial charge in [-0.1, -0.05) is 0 Å². The molecule has 0 aromatic carbocycles. The number of aromatic amines is 1. The van der Waals surface area contributed by atoms with Gasteiger partial charge in [0.1, 0.15) is 0 Å². The number of hydrogen-bond acceptors (Lipinski definition) is 3. The van der Waals surface area contributed by atoms with E-state index in [4.69, 9.17) is 0 Å². The molecule has 1 aromatic rings. The third kappa shape index (κ3) is 2.49. The summed E-state index contributed by atoms with van der Waals surface area (Å²) >= 11 is 0. The highest BCUT2D eigenvalue weighted by Crippen LogP contribution is 2.47. The van der Waals surface area contributed by atoms with Crippen LogP contribution in [0.1, 0.15) is 53.8 Å². The Morgan fingerprint density at radius 1 is 1.09 bits per heavy atom. The lowest BCUT2D eigenvalue weighted by molar-refractivity contribution is 0.0625. The molecule has 2 saturated carbocycles. The molecule has 3 aliphatic heterocycles. The monoisotopic (exact) mass is 336 g/mol. The van der Waals surface area contributed by atoms with Gasteiger partial charge in [-0.2, -0.15) is 5.10 Å². The zero-order valence-electron chi connectivity index (χ0n) is 13.4. The first kappa shape index (κ1) is 15.5. The molecule has 1 aromatic heterocycles. The Labute approximate surface area is 143 Å². The van der Waals surface area contributed by atoms with Crippen molar-refractivity contribution in [1.29, 1.82) is 0 Å². The Kier molecular flexibility index (Phi) is 3.88. The molecule has 4 bridgehead atoms. The summed E-state index contributed by atoms with van der Waals surface area (Å²) in [6, 6.07) is 0.465. The topological polar surface area (TPSA) is 61.0 Å². The van der Waals surface area contributed by atoms with E-state index in [-0.39, 0.29) is 18.3 Å². The van der Waals surface area contributed by atoms with E-state index in [0.29, 0.717) is 11.7 Å². The summed E-state index contributed by atoms with van der Waals surface area (Å²) in [5, 5.41) is 10.9. The zero-order valence-corrected chi connectivity index (χ0v) is 14.2. The lowest BCUT2D eigenvalue weighted by atomic mass is 9.68. The largest absolute Gasteiger partial charge is 0.334 e. The van der Waals surface area contributed by atoms with Crippen LogP contribution < -0.4 is 5.32 Å². The fraction of sp³-hybridized carbons (Fsp3) is 0.765. The van der Waals surface area contributed by atoms with Gasteiger partial charge in [0.2, 0.25) is 0 Å². The Bertz CT molecular complexity index is 602. The van der Waals surface area contributed by atoms with Crippen LogP contribution in [0.5, 0.6) is 0 Å². The normalized spacial score (nSPS) is 34.7. The van der Waals surface area contributed by atoms with Gasteiger partial charge in [0.25, 0.3) is 5.91 Å². The van der Waals surface area contributed by atoms with Gasteiger partial charge >= 0.3 is 0 Å². The molecule has 6 heteroatoms. The quantitative estimate of drug-likeness (QED) is 0.826. The molecular weight excluding hydrogens is 312 g/mol. The van der Waals surface area contributed by atoms with Gasteiger partial charge in [-0.05, 0) is 49.9 Å². The summed E-state index contributed by atoms with van der Waals surface area (Å²) in [5.41, 5.74) is 2.95. The van der Waals surface area contributed by atoms with Crippen molar-refractivity contribution in [3.05, 3.63) is 17.0 Å². The van der Waals surface area contributed by atoms with Crippen molar-refractivity contribution >= 4 is 18.3 Å². The maximum Gasteiger partial charge on any atom is 0.274 e. The third-order valence-corrected chi connectivity index (χ3v) is 6.38. The van der Waals surface area contributed by atoms with Crippen LogP contribution in [0.25, 0.3) is 0 Å². The first-order chi connectivity index (χ1) is 10.8. The van der Waals surface area contributed by atoms with Crippen molar-refractivity contribution in [3.8, 4) is 0 Å². The highest BCUT2D eigenvalue weighted by Gasteiger charge is 2.44. The van der Waals surface area contributed by atoms with E-state index in [0.717, 1.165) is 55.1 Å². The van der Waals surface area contributed by atoms with E-state index in [1.807, 2.05) is 0 Å². The Balaban J connectivity index is 0.00000135. The molecule has 4 fully saturated rings. The standard InChI is InChI=1S/C17H24N4O.ClH/c22-17(16-14-8-18-2-1-15(14)19-20-16)21-9-12-4-10-3-11(5-12)7-13(21)6-10;/h10-13,18H,1-9H2,(H,19,20);1H. The average molecular weight is 337 g/mol. The molecule has 2 N–H and O–H groups in total. The molecule has 5 nitrogen and oxygen atoms in total. The van der Waals surface area contributed by atoms with Crippen molar-refractivity contribution in [3.63, 3.8) is 0 Å². The SMILES string of the molecule is Cl.O=C(c1n[nH]c2c1CNCC2)N1CC2CC3CC(C2)CC1C3. The molecule has 5 aliphatic rings. The van der Waals surface area contributed by atoms with Gasteiger partial charge in [-0.15, -0.1) is 12.4 Å². The number of halogens is 1. The van der Waals surface area contributed by atoms with Gasteiger partial charge in [-0.3, -0.25) is 9.89 Å². The summed E-state index contributed by atoms with van der Waals surface area (Å²) in [5.74, 6) is 2.65. The minimum absolute atomic E-state index is 0. The number of H-pyrrole nitrogens is 1. The Hall–Kier alpha value is -1.07. The molecule has 6 rings (SSSR count). The third-order valence-electron chi connectivity index (χ3n) is 6.38. The second-order valence-corrected chi connectivity index (χ2v) is 7.84. The predicted octanol–water partition coefficient (Wildman–Crippen LogP) is 2.13. The maximum atomic E-state index is 13.2. The van der Waals surface area contributed by atoms with Gasteiger partial charge in [0, 0.05) is 43.4 Å². The fourth-order valence-electron chi connectivity index (χ4n) is 5.57. The van der Waals surface area contributed by atoms with Crippen LogP contribution in [0.2, 0.25) is 0 Å². The number of aromatic nitrogens is 2. The zero-order chi connectivity index (χ0) is 14.7. The van der Waals surface area contributed by atoms with E-state index >= 15 is 0 Å². The lowest BCUT2D eigenvalue weighted by Crippen LogP contribution is -2.42. The molecule has 2 saturated heterocycles. The first-order valence-electron chi connectivity index (χ1n) is 8.85. The molecule has 2 atom stereocenters. The number of amides is 1. The number of carbonyl (C=O) groups excluding carboxylic acids is 1. The second kappa shape index (κ2) is 5.78. The van der Waals surface area contributed by atoms with E-state index in [1.54, 1.807) is 0 Å². The summed E-state index contributed by atoms with van der Waals surface area (Å²) in [6.45, 7) is 2.71. The highest BCUT2D eigenvalue weighted by molar-refractivity contribution is 5.94. The summed E-state index contributed by atoms with van der Waals surface area (Å²) < 4.78 is 0. The minimum atomic E-state index is 0. The molecular formula is C17H25ClN4O. The fourth-order valence-corrected chi connectivity index (χ4v) is 5.57. The maximum absolute atomic E-state index is 13.2. The van der Waals surface area contributed by atoms with Gasteiger partial charge < -0.3 is 10.2 Å². The number of hydrogen-bond donors (Lipinski definition) is 2. The molecule has 1 amide bonds.